The molecule has 2 saturated heterocycles. The van der Waals surface area contributed by atoms with Crippen molar-refractivity contribution >= 4 is 22.4 Å². The Bertz CT molecular complexity index is 476. The van der Waals surface area contributed by atoms with Crippen LogP contribution >= 0.6 is 11.3 Å². The smallest absolute Gasteiger partial charge is 0.347 e. The molecule has 0 spiro atoms. The van der Waals surface area contributed by atoms with Gasteiger partial charge in [0.2, 0.25) is 0 Å². The summed E-state index contributed by atoms with van der Waals surface area (Å²) in [5, 5.41) is 9.85. The lowest BCUT2D eigenvalue weighted by atomic mass is 9.97. The van der Waals surface area contributed by atoms with E-state index in [1.54, 1.807) is 0 Å². The minimum Gasteiger partial charge on any atom is -0.477 e. The van der Waals surface area contributed by atoms with Crippen molar-refractivity contribution in [3.8, 4) is 0 Å². The summed E-state index contributed by atoms with van der Waals surface area (Å²) in [5.41, 5.74) is 0. The normalized spacial score (nSPS) is 28.2. The number of hydrogen-bond donors (Lipinski definition) is 1. The maximum atomic E-state index is 11.0. The summed E-state index contributed by atoms with van der Waals surface area (Å²) in [4.78, 5) is 20.4. The molecule has 0 saturated carbocycles. The molecule has 0 radical (unpaired) electrons. The first-order valence-corrected chi connectivity index (χ1v) is 7.66. The number of piperazine rings is 1. The van der Waals surface area contributed by atoms with Crippen molar-refractivity contribution in [3.63, 3.8) is 0 Å². The highest BCUT2D eigenvalue weighted by atomic mass is 32.1. The Morgan fingerprint density at radius 1 is 1.47 bits per heavy atom. The third-order valence-electron chi connectivity index (χ3n) is 4.14. The molecular formula is C13H19N3O2S. The highest BCUT2D eigenvalue weighted by Gasteiger charge is 2.34. The molecule has 1 aromatic rings. The lowest BCUT2D eigenvalue weighted by Crippen LogP contribution is -2.58. The minimum absolute atomic E-state index is 0.327. The predicted octanol–water partition coefficient (Wildman–Crippen LogP) is 1.90. The Labute approximate surface area is 116 Å². The second-order valence-electron chi connectivity index (χ2n) is 5.46. The monoisotopic (exact) mass is 281 g/mol. The first-order chi connectivity index (χ1) is 9.15. The van der Waals surface area contributed by atoms with E-state index in [-0.39, 0.29) is 0 Å². The van der Waals surface area contributed by atoms with Crippen LogP contribution in [-0.4, -0.2) is 52.7 Å². The molecule has 1 N–H and O–H groups in total. The maximum Gasteiger partial charge on any atom is 0.347 e. The topological polar surface area (TPSA) is 56.7 Å². The van der Waals surface area contributed by atoms with Crippen LogP contribution in [0.5, 0.6) is 0 Å². The number of carbonyl (C=O) groups is 1. The van der Waals surface area contributed by atoms with Crippen molar-refractivity contribution in [2.45, 2.75) is 38.3 Å². The lowest BCUT2D eigenvalue weighted by molar-refractivity contribution is 0.0702. The standard InChI is InChI=1S/C13H19N3O2S/c1-9-7-15-5-3-2-4-10(15)8-16(9)13-14-6-11(19-13)12(17)18/h6,9-10H,2-5,7-8H2,1H3,(H,17,18). The molecule has 3 rings (SSSR count). The van der Waals surface area contributed by atoms with Crippen molar-refractivity contribution in [2.75, 3.05) is 24.5 Å². The fourth-order valence-electron chi connectivity index (χ4n) is 3.12. The summed E-state index contributed by atoms with van der Waals surface area (Å²) in [5.74, 6) is -0.882. The van der Waals surface area contributed by atoms with E-state index in [2.05, 4.69) is 21.7 Å². The van der Waals surface area contributed by atoms with Crippen molar-refractivity contribution in [1.82, 2.24) is 9.88 Å². The van der Waals surface area contributed by atoms with Gasteiger partial charge in [0, 0.05) is 25.2 Å². The average Bonchev–Trinajstić information content (AvgIpc) is 2.87. The van der Waals surface area contributed by atoms with E-state index in [9.17, 15) is 4.79 Å². The third kappa shape index (κ3) is 2.47. The predicted molar refractivity (Wildman–Crippen MR) is 75.1 cm³/mol. The number of piperidine rings is 1. The van der Waals surface area contributed by atoms with Crippen molar-refractivity contribution in [3.05, 3.63) is 11.1 Å². The van der Waals surface area contributed by atoms with E-state index in [4.69, 9.17) is 5.11 Å². The summed E-state index contributed by atoms with van der Waals surface area (Å²) >= 11 is 1.29. The van der Waals surface area contributed by atoms with E-state index in [1.165, 1.54) is 43.3 Å². The van der Waals surface area contributed by atoms with Gasteiger partial charge in [-0.3, -0.25) is 4.90 Å². The van der Waals surface area contributed by atoms with Gasteiger partial charge in [-0.25, -0.2) is 9.78 Å². The lowest BCUT2D eigenvalue weighted by Gasteiger charge is -2.47. The number of nitrogens with zero attached hydrogens (tertiary/aromatic N) is 3. The molecule has 3 heterocycles. The number of anilines is 1. The van der Waals surface area contributed by atoms with Crippen molar-refractivity contribution in [1.29, 1.82) is 0 Å². The molecule has 0 amide bonds. The van der Waals surface area contributed by atoms with Crippen LogP contribution in [0.3, 0.4) is 0 Å². The van der Waals surface area contributed by atoms with Gasteiger partial charge < -0.3 is 10.0 Å². The Hall–Kier alpha value is -1.14. The second kappa shape index (κ2) is 5.09. The SMILES string of the molecule is CC1CN2CCCCC2CN1c1ncc(C(=O)O)s1. The van der Waals surface area contributed by atoms with Crippen LogP contribution in [0.25, 0.3) is 0 Å². The fourth-order valence-corrected chi connectivity index (χ4v) is 3.98. The number of fused-ring (bicyclic) bond motifs is 1. The van der Waals surface area contributed by atoms with Crippen LogP contribution in [0, 0.1) is 0 Å². The van der Waals surface area contributed by atoms with Crippen LogP contribution in [-0.2, 0) is 0 Å². The molecular weight excluding hydrogens is 262 g/mol. The van der Waals surface area contributed by atoms with Gasteiger partial charge in [-0.1, -0.05) is 17.8 Å². The molecule has 0 aromatic carbocycles. The molecule has 2 aliphatic heterocycles. The summed E-state index contributed by atoms with van der Waals surface area (Å²) in [6.07, 6.45) is 5.34. The van der Waals surface area contributed by atoms with Gasteiger partial charge in [0.15, 0.2) is 5.13 Å². The third-order valence-corrected chi connectivity index (χ3v) is 5.16. The average molecular weight is 281 g/mol. The molecule has 6 heteroatoms. The van der Waals surface area contributed by atoms with Gasteiger partial charge in [0.1, 0.15) is 4.88 Å². The first-order valence-electron chi connectivity index (χ1n) is 6.85. The summed E-state index contributed by atoms with van der Waals surface area (Å²) in [6.45, 7) is 5.45. The molecule has 2 unspecified atom stereocenters. The molecule has 104 valence electrons. The van der Waals surface area contributed by atoms with Crippen LogP contribution in [0.1, 0.15) is 35.9 Å². The molecule has 0 aliphatic carbocycles. The van der Waals surface area contributed by atoms with E-state index in [1.807, 2.05) is 0 Å². The molecule has 0 bridgehead atoms. The number of aromatic nitrogens is 1. The molecule has 1 aromatic heterocycles. The highest BCUT2D eigenvalue weighted by Crippen LogP contribution is 2.30. The quantitative estimate of drug-likeness (QED) is 0.897. The number of aromatic carboxylic acids is 1. The zero-order chi connectivity index (χ0) is 13.4. The molecule has 2 fully saturated rings. The largest absolute Gasteiger partial charge is 0.477 e. The Balaban J connectivity index is 1.77. The Morgan fingerprint density at radius 3 is 3.05 bits per heavy atom. The van der Waals surface area contributed by atoms with Gasteiger partial charge in [0.05, 0.1) is 6.20 Å². The van der Waals surface area contributed by atoms with Gasteiger partial charge in [0.25, 0.3) is 0 Å². The first kappa shape index (κ1) is 12.9. The molecule has 19 heavy (non-hydrogen) atoms. The summed E-state index contributed by atoms with van der Waals surface area (Å²) in [6, 6.07) is 1.02. The van der Waals surface area contributed by atoms with Gasteiger partial charge in [-0.2, -0.15) is 0 Å². The van der Waals surface area contributed by atoms with E-state index < -0.39 is 5.97 Å². The highest BCUT2D eigenvalue weighted by molar-refractivity contribution is 7.17. The van der Waals surface area contributed by atoms with E-state index in [0.717, 1.165) is 18.2 Å². The summed E-state index contributed by atoms with van der Waals surface area (Å²) in [7, 11) is 0. The second-order valence-corrected chi connectivity index (χ2v) is 6.47. The van der Waals surface area contributed by atoms with Gasteiger partial charge in [-0.05, 0) is 26.3 Å². The number of hydrogen-bond acceptors (Lipinski definition) is 5. The van der Waals surface area contributed by atoms with Crippen LogP contribution < -0.4 is 4.90 Å². The summed E-state index contributed by atoms with van der Waals surface area (Å²) < 4.78 is 0. The molecule has 5 nitrogen and oxygen atoms in total. The van der Waals surface area contributed by atoms with Crippen LogP contribution in [0.15, 0.2) is 6.20 Å². The van der Waals surface area contributed by atoms with Crippen LogP contribution in [0.2, 0.25) is 0 Å². The van der Waals surface area contributed by atoms with E-state index >= 15 is 0 Å². The zero-order valence-electron chi connectivity index (χ0n) is 11.1. The van der Waals surface area contributed by atoms with Crippen molar-refractivity contribution < 1.29 is 9.90 Å². The van der Waals surface area contributed by atoms with Gasteiger partial charge in [-0.15, -0.1) is 0 Å². The van der Waals surface area contributed by atoms with Crippen LogP contribution in [0.4, 0.5) is 5.13 Å². The fraction of sp³-hybridized carbons (Fsp3) is 0.692. The number of thiazole rings is 1. The molecule has 2 atom stereocenters. The van der Waals surface area contributed by atoms with Gasteiger partial charge >= 0.3 is 5.97 Å². The van der Waals surface area contributed by atoms with Crippen molar-refractivity contribution in [2.24, 2.45) is 0 Å². The van der Waals surface area contributed by atoms with E-state index in [0.29, 0.717) is 17.0 Å². The zero-order valence-corrected chi connectivity index (χ0v) is 11.9. The Kier molecular flexibility index (Phi) is 3.45. The number of rotatable bonds is 2. The molecule has 2 aliphatic rings. The maximum absolute atomic E-state index is 11.0. The number of carboxylic acids is 1. The number of carboxylic acid groups (broad SMARTS) is 1. The Morgan fingerprint density at radius 2 is 2.32 bits per heavy atom. The minimum atomic E-state index is -0.882.